The van der Waals surface area contributed by atoms with Gasteiger partial charge >= 0.3 is 0 Å². The topological polar surface area (TPSA) is 37.3 Å². The molecule has 1 N–H and O–H groups in total. The predicted octanol–water partition coefficient (Wildman–Crippen LogP) is 7.20. The third-order valence-electron chi connectivity index (χ3n) is 4.59. The van der Waals surface area contributed by atoms with E-state index < -0.39 is 0 Å². The number of aromatic hydroxyl groups is 1. The molecule has 152 valence electrons. The minimum absolute atomic E-state index is 0.0660. The van der Waals surface area contributed by atoms with Crippen LogP contribution in [0.3, 0.4) is 0 Å². The summed E-state index contributed by atoms with van der Waals surface area (Å²) in [6.45, 7) is 2.26. The Morgan fingerprint density at radius 2 is 1.57 bits per heavy atom. The average molecular weight is 417 g/mol. The monoisotopic (exact) mass is 416 g/mol. The molecule has 0 heterocycles. The van der Waals surface area contributed by atoms with Crippen LogP contribution in [-0.2, 0) is 0 Å². The molecule has 0 aromatic heterocycles. The number of phenols is 1. The summed E-state index contributed by atoms with van der Waals surface area (Å²) in [5, 5.41) is 10.3. The molecule has 2 aromatic carbocycles. The zero-order valence-electron chi connectivity index (χ0n) is 16.9. The molecule has 0 unspecified atom stereocenters. The summed E-state index contributed by atoms with van der Waals surface area (Å²) in [4.78, 5) is 13.5. The minimum atomic E-state index is -0.138. The maximum absolute atomic E-state index is 12.5. The molecular weight excluding hydrogens is 384 g/mol. The minimum Gasteiger partial charge on any atom is -0.507 e. The van der Waals surface area contributed by atoms with Crippen molar-refractivity contribution in [3.05, 3.63) is 59.7 Å². The summed E-state index contributed by atoms with van der Waals surface area (Å²) in [6, 6.07) is 14.5. The van der Waals surface area contributed by atoms with Gasteiger partial charge in [0.1, 0.15) is 5.75 Å². The highest BCUT2D eigenvalue weighted by molar-refractivity contribution is 8.00. The number of thioether (sulfide) groups is 2. The number of carbonyl (C=O) groups excluding carboxylic acids is 1. The SMILES string of the molecule is CCCCCCCCSCCCSc1ccc(C(=O)c2ccccc2)c(O)c1. The van der Waals surface area contributed by atoms with Crippen LogP contribution < -0.4 is 0 Å². The van der Waals surface area contributed by atoms with Crippen molar-refractivity contribution in [1.29, 1.82) is 0 Å². The number of rotatable bonds is 14. The van der Waals surface area contributed by atoms with Crippen molar-refractivity contribution in [3.63, 3.8) is 0 Å². The van der Waals surface area contributed by atoms with Crippen molar-refractivity contribution < 1.29 is 9.90 Å². The molecule has 0 saturated carbocycles. The fraction of sp³-hybridized carbons (Fsp3) is 0.458. The van der Waals surface area contributed by atoms with E-state index >= 15 is 0 Å². The van der Waals surface area contributed by atoms with E-state index in [1.165, 1.54) is 50.0 Å². The number of hydrogen-bond acceptors (Lipinski definition) is 4. The zero-order valence-corrected chi connectivity index (χ0v) is 18.5. The Hall–Kier alpha value is -1.39. The van der Waals surface area contributed by atoms with E-state index in [0.29, 0.717) is 11.1 Å². The van der Waals surface area contributed by atoms with Crippen LogP contribution in [-0.4, -0.2) is 28.1 Å². The quantitative estimate of drug-likeness (QED) is 0.201. The van der Waals surface area contributed by atoms with Crippen molar-refractivity contribution in [2.24, 2.45) is 0 Å². The second-order valence-corrected chi connectivity index (χ2v) is 9.35. The molecule has 2 nitrogen and oxygen atoms in total. The first-order chi connectivity index (χ1) is 13.7. The van der Waals surface area contributed by atoms with E-state index in [2.05, 4.69) is 18.7 Å². The Morgan fingerprint density at radius 3 is 2.32 bits per heavy atom. The van der Waals surface area contributed by atoms with E-state index in [4.69, 9.17) is 0 Å². The molecule has 0 amide bonds. The van der Waals surface area contributed by atoms with Crippen LogP contribution in [0.5, 0.6) is 5.75 Å². The van der Waals surface area contributed by atoms with Gasteiger partial charge in [-0.25, -0.2) is 0 Å². The maximum Gasteiger partial charge on any atom is 0.196 e. The molecular formula is C24H32O2S2. The number of unbranched alkanes of at least 4 members (excludes halogenated alkanes) is 5. The van der Waals surface area contributed by atoms with Crippen molar-refractivity contribution in [3.8, 4) is 5.75 Å². The van der Waals surface area contributed by atoms with Gasteiger partial charge in [0, 0.05) is 10.5 Å². The van der Waals surface area contributed by atoms with Gasteiger partial charge in [0.25, 0.3) is 0 Å². The Labute approximate surface area is 178 Å². The van der Waals surface area contributed by atoms with Gasteiger partial charge in [-0.1, -0.05) is 69.4 Å². The zero-order chi connectivity index (χ0) is 20.0. The fourth-order valence-corrected chi connectivity index (χ4v) is 5.00. The molecule has 0 aliphatic carbocycles. The van der Waals surface area contributed by atoms with Crippen LogP contribution in [0.2, 0.25) is 0 Å². The smallest absolute Gasteiger partial charge is 0.196 e. The van der Waals surface area contributed by atoms with Crippen LogP contribution in [0.1, 0.15) is 67.8 Å². The van der Waals surface area contributed by atoms with Crippen LogP contribution in [0.15, 0.2) is 53.4 Å². The molecule has 2 aromatic rings. The first-order valence-corrected chi connectivity index (χ1v) is 12.5. The van der Waals surface area contributed by atoms with Crippen LogP contribution >= 0.6 is 23.5 Å². The van der Waals surface area contributed by atoms with Gasteiger partial charge in [-0.05, 0) is 48.3 Å². The normalized spacial score (nSPS) is 10.9. The fourth-order valence-electron chi connectivity index (χ4n) is 2.98. The Kier molecular flexibility index (Phi) is 11.2. The number of benzene rings is 2. The molecule has 0 atom stereocenters. The summed E-state index contributed by atoms with van der Waals surface area (Å²) in [5.41, 5.74) is 0.964. The molecule has 0 aliphatic rings. The van der Waals surface area contributed by atoms with Gasteiger partial charge in [-0.3, -0.25) is 4.79 Å². The molecule has 0 saturated heterocycles. The maximum atomic E-state index is 12.5. The third-order valence-corrected chi connectivity index (χ3v) is 6.83. The standard InChI is InChI=1S/C24H32O2S2/c1-2-3-4-5-6-10-16-27-17-11-18-28-21-14-15-22(23(25)19-21)24(26)20-12-8-7-9-13-20/h7-9,12-15,19,25H,2-6,10-11,16-18H2,1H3. The van der Waals surface area contributed by atoms with Gasteiger partial charge in [-0.15, -0.1) is 11.8 Å². The summed E-state index contributed by atoms with van der Waals surface area (Å²) in [7, 11) is 0. The van der Waals surface area contributed by atoms with Crippen LogP contribution in [0.25, 0.3) is 0 Å². The highest BCUT2D eigenvalue weighted by Crippen LogP contribution is 2.28. The number of carbonyl (C=O) groups is 1. The van der Waals surface area contributed by atoms with Gasteiger partial charge in [0.15, 0.2) is 5.78 Å². The van der Waals surface area contributed by atoms with Crippen molar-refractivity contribution in [1.82, 2.24) is 0 Å². The second kappa shape index (κ2) is 13.7. The van der Waals surface area contributed by atoms with Gasteiger partial charge in [-0.2, -0.15) is 11.8 Å². The summed E-state index contributed by atoms with van der Waals surface area (Å²) in [5.74, 6) is 3.43. The predicted molar refractivity (Wildman–Crippen MR) is 124 cm³/mol. The lowest BCUT2D eigenvalue weighted by Gasteiger charge is -2.07. The number of ketones is 1. The number of hydrogen-bond donors (Lipinski definition) is 1. The molecule has 28 heavy (non-hydrogen) atoms. The lowest BCUT2D eigenvalue weighted by atomic mass is 10.0. The van der Waals surface area contributed by atoms with Gasteiger partial charge in [0.2, 0.25) is 0 Å². The van der Waals surface area contributed by atoms with E-state index in [9.17, 15) is 9.90 Å². The van der Waals surface area contributed by atoms with Crippen molar-refractivity contribution >= 4 is 29.3 Å². The summed E-state index contributed by atoms with van der Waals surface area (Å²) < 4.78 is 0. The molecule has 0 aliphatic heterocycles. The van der Waals surface area contributed by atoms with Gasteiger partial charge in [0.05, 0.1) is 5.56 Å². The first kappa shape index (κ1) is 22.9. The van der Waals surface area contributed by atoms with Crippen LogP contribution in [0, 0.1) is 0 Å². The molecule has 2 rings (SSSR count). The summed E-state index contributed by atoms with van der Waals surface area (Å²) in [6.07, 6.45) is 9.34. The molecule has 0 radical (unpaired) electrons. The third kappa shape index (κ3) is 8.32. The average Bonchev–Trinajstić information content (AvgIpc) is 2.72. The Balaban J connectivity index is 1.63. The number of phenolic OH excluding ortho intramolecular Hbond substituents is 1. The van der Waals surface area contributed by atoms with E-state index in [1.54, 1.807) is 36.0 Å². The van der Waals surface area contributed by atoms with Gasteiger partial charge < -0.3 is 5.11 Å². The Morgan fingerprint density at radius 1 is 0.857 bits per heavy atom. The molecule has 4 heteroatoms. The molecule has 0 fully saturated rings. The van der Waals surface area contributed by atoms with E-state index in [-0.39, 0.29) is 11.5 Å². The molecule has 0 bridgehead atoms. The molecule has 0 spiro atoms. The second-order valence-electron chi connectivity index (χ2n) is 6.96. The lowest BCUT2D eigenvalue weighted by Crippen LogP contribution is -2.01. The Bertz CT molecular complexity index is 701. The lowest BCUT2D eigenvalue weighted by molar-refractivity contribution is 0.103. The highest BCUT2D eigenvalue weighted by atomic mass is 32.2. The first-order valence-electron chi connectivity index (χ1n) is 10.4. The summed E-state index contributed by atoms with van der Waals surface area (Å²) >= 11 is 3.80. The van der Waals surface area contributed by atoms with E-state index in [1.807, 2.05) is 24.3 Å². The highest BCUT2D eigenvalue weighted by Gasteiger charge is 2.13. The van der Waals surface area contributed by atoms with Crippen molar-refractivity contribution in [2.75, 3.05) is 17.3 Å². The van der Waals surface area contributed by atoms with Crippen molar-refractivity contribution in [2.45, 2.75) is 56.8 Å². The van der Waals surface area contributed by atoms with Crippen LogP contribution in [0.4, 0.5) is 0 Å². The largest absolute Gasteiger partial charge is 0.507 e. The van der Waals surface area contributed by atoms with E-state index in [0.717, 1.165) is 17.1 Å².